The van der Waals surface area contributed by atoms with Crippen LogP contribution in [0.3, 0.4) is 0 Å². The fraction of sp³-hybridized carbons (Fsp3) is 0.455. The topological polar surface area (TPSA) is 78.3 Å². The summed E-state index contributed by atoms with van der Waals surface area (Å²) in [7, 11) is -2.99. The highest BCUT2D eigenvalue weighted by Gasteiger charge is 2.28. The molecule has 1 aliphatic rings. The van der Waals surface area contributed by atoms with Gasteiger partial charge < -0.3 is 4.74 Å². The molecule has 0 spiro atoms. The quantitative estimate of drug-likeness (QED) is 0.440. The second kappa shape index (κ2) is 4.93. The van der Waals surface area contributed by atoms with Crippen molar-refractivity contribution >= 4 is 15.8 Å². The Morgan fingerprint density at radius 1 is 1.56 bits per heavy atom. The van der Waals surface area contributed by atoms with Gasteiger partial charge in [0.05, 0.1) is 30.0 Å². The Morgan fingerprint density at radius 2 is 2.33 bits per heavy atom. The molecule has 98 valence electrons. The Kier molecular flexibility index (Phi) is 3.51. The Morgan fingerprint density at radius 3 is 3.06 bits per heavy atom. The van der Waals surface area contributed by atoms with Crippen molar-refractivity contribution in [2.24, 2.45) is 0 Å². The van der Waals surface area contributed by atoms with Crippen LogP contribution >= 0.6 is 0 Å². The molecule has 0 aliphatic carbocycles. The maximum Gasteiger partial charge on any atom is 0.330 e. The van der Waals surface area contributed by atoms with Gasteiger partial charge in [-0.3, -0.25) is 4.68 Å². The van der Waals surface area contributed by atoms with E-state index in [1.54, 1.807) is 10.9 Å². The van der Waals surface area contributed by atoms with Gasteiger partial charge in [0, 0.05) is 24.6 Å². The van der Waals surface area contributed by atoms with Crippen LogP contribution in [0.1, 0.15) is 17.7 Å². The Bertz CT molecular complexity index is 574. The minimum absolute atomic E-state index is 0.0504. The first-order valence-electron chi connectivity index (χ1n) is 5.55. The minimum Gasteiger partial charge on any atom is -0.462 e. The maximum absolute atomic E-state index is 11.4. The largest absolute Gasteiger partial charge is 0.462 e. The third-order valence-corrected chi connectivity index (χ3v) is 4.16. The summed E-state index contributed by atoms with van der Waals surface area (Å²) in [4.78, 5) is 10.8. The average Bonchev–Trinajstić information content (AvgIpc) is 2.80. The fourth-order valence-electron chi connectivity index (χ4n) is 1.87. The van der Waals surface area contributed by atoms with Crippen LogP contribution in [0.4, 0.5) is 0 Å². The summed E-state index contributed by atoms with van der Waals surface area (Å²) in [6, 6.07) is 0. The van der Waals surface area contributed by atoms with Crippen molar-refractivity contribution in [2.75, 3.05) is 6.61 Å². The third kappa shape index (κ3) is 2.79. The van der Waals surface area contributed by atoms with Crippen LogP contribution in [0.25, 0.3) is 0 Å². The number of ether oxygens (including phenoxy) is 1. The Labute approximate surface area is 105 Å². The van der Waals surface area contributed by atoms with E-state index in [-0.39, 0.29) is 18.1 Å². The second-order valence-corrected chi connectivity index (χ2v) is 6.16. The minimum atomic E-state index is -2.99. The summed E-state index contributed by atoms with van der Waals surface area (Å²) in [5.74, 6) is -0.328. The number of carbonyl (C=O) groups is 1. The van der Waals surface area contributed by atoms with Gasteiger partial charge in [-0.05, 0) is 0 Å². The molecular formula is C11H14N2O4S. The van der Waals surface area contributed by atoms with E-state index in [9.17, 15) is 13.2 Å². The summed E-state index contributed by atoms with van der Waals surface area (Å²) in [6.07, 6.45) is 3.29. The van der Waals surface area contributed by atoms with Gasteiger partial charge in [-0.1, -0.05) is 6.58 Å². The highest BCUT2D eigenvalue weighted by atomic mass is 32.2. The zero-order valence-corrected chi connectivity index (χ0v) is 10.6. The standard InChI is InChI=1S/C11H14N2O4S/c1-2-11(14)17-5-3-4-13-10-8-18(15,16)7-9(10)6-12-13/h2,6H,1,3-5,7-8H2. The van der Waals surface area contributed by atoms with Crippen molar-refractivity contribution in [3.8, 4) is 0 Å². The third-order valence-electron chi connectivity index (χ3n) is 2.69. The smallest absolute Gasteiger partial charge is 0.330 e. The van der Waals surface area contributed by atoms with Gasteiger partial charge in [0.2, 0.25) is 0 Å². The predicted octanol–water partition coefficient (Wildman–Crippen LogP) is 0.431. The van der Waals surface area contributed by atoms with Crippen LogP contribution in [0.15, 0.2) is 18.9 Å². The first-order valence-corrected chi connectivity index (χ1v) is 7.37. The van der Waals surface area contributed by atoms with Crippen molar-refractivity contribution < 1.29 is 17.9 Å². The van der Waals surface area contributed by atoms with Crippen LogP contribution in [-0.2, 0) is 37.4 Å². The number of hydrogen-bond acceptors (Lipinski definition) is 5. The van der Waals surface area contributed by atoms with Gasteiger partial charge in [0.1, 0.15) is 0 Å². The molecule has 0 radical (unpaired) electrons. The van der Waals surface area contributed by atoms with Gasteiger partial charge in [-0.25, -0.2) is 13.2 Å². The van der Waals surface area contributed by atoms with Crippen LogP contribution in [-0.4, -0.2) is 30.8 Å². The SMILES string of the molecule is C=CC(=O)OCCCn1ncc2c1CS(=O)(=O)C2. The highest BCUT2D eigenvalue weighted by Crippen LogP contribution is 2.24. The lowest BCUT2D eigenvalue weighted by Crippen LogP contribution is -2.10. The number of fused-ring (bicyclic) bond motifs is 1. The van der Waals surface area contributed by atoms with E-state index in [2.05, 4.69) is 11.7 Å². The van der Waals surface area contributed by atoms with Gasteiger partial charge in [-0.15, -0.1) is 0 Å². The summed E-state index contributed by atoms with van der Waals surface area (Å²) in [5.41, 5.74) is 1.53. The van der Waals surface area contributed by atoms with Crippen molar-refractivity contribution in [2.45, 2.75) is 24.5 Å². The van der Waals surface area contributed by atoms with Crippen LogP contribution < -0.4 is 0 Å². The molecule has 0 bridgehead atoms. The molecule has 0 saturated heterocycles. The van der Waals surface area contributed by atoms with Gasteiger partial charge >= 0.3 is 5.97 Å². The first-order chi connectivity index (χ1) is 8.52. The molecule has 1 aliphatic heterocycles. The molecule has 0 saturated carbocycles. The molecule has 1 aromatic rings. The first kappa shape index (κ1) is 12.8. The molecule has 0 amide bonds. The normalized spacial score (nSPS) is 16.2. The number of nitrogens with zero attached hydrogens (tertiary/aromatic N) is 2. The summed E-state index contributed by atoms with van der Waals surface area (Å²) >= 11 is 0. The predicted molar refractivity (Wildman–Crippen MR) is 64.3 cm³/mol. The lowest BCUT2D eigenvalue weighted by Gasteiger charge is -2.05. The number of hydrogen-bond donors (Lipinski definition) is 0. The lowest BCUT2D eigenvalue weighted by atomic mass is 10.3. The van der Waals surface area contributed by atoms with Crippen LogP contribution in [0, 0.1) is 0 Å². The van der Waals surface area contributed by atoms with E-state index in [0.717, 1.165) is 17.3 Å². The molecule has 2 rings (SSSR count). The summed E-state index contributed by atoms with van der Waals surface area (Å²) in [5, 5.41) is 4.13. The lowest BCUT2D eigenvalue weighted by molar-refractivity contribution is -0.137. The van der Waals surface area contributed by atoms with Crippen molar-refractivity contribution in [3.05, 3.63) is 30.1 Å². The number of carbonyl (C=O) groups excluding carboxylic acids is 1. The molecule has 0 atom stereocenters. The van der Waals surface area contributed by atoms with Crippen LogP contribution in [0.5, 0.6) is 0 Å². The molecule has 0 N–H and O–H groups in total. The summed E-state index contributed by atoms with van der Waals surface area (Å²) in [6.45, 7) is 4.10. The molecule has 0 fully saturated rings. The van der Waals surface area contributed by atoms with Gasteiger partial charge in [-0.2, -0.15) is 5.10 Å². The molecule has 7 heteroatoms. The van der Waals surface area contributed by atoms with Crippen LogP contribution in [0.2, 0.25) is 0 Å². The van der Waals surface area contributed by atoms with Crippen molar-refractivity contribution in [1.29, 1.82) is 0 Å². The molecule has 1 aromatic heterocycles. The monoisotopic (exact) mass is 270 g/mol. The molecule has 0 aromatic carbocycles. The van der Waals surface area contributed by atoms with E-state index in [1.165, 1.54) is 0 Å². The van der Waals surface area contributed by atoms with E-state index in [0.29, 0.717) is 13.0 Å². The molecule has 6 nitrogen and oxygen atoms in total. The highest BCUT2D eigenvalue weighted by molar-refractivity contribution is 7.90. The zero-order chi connectivity index (χ0) is 13.2. The summed E-state index contributed by atoms with van der Waals surface area (Å²) < 4.78 is 29.4. The number of aryl methyl sites for hydroxylation is 1. The Balaban J connectivity index is 1.89. The van der Waals surface area contributed by atoms with Gasteiger partial charge in [0.25, 0.3) is 0 Å². The van der Waals surface area contributed by atoms with Crippen molar-refractivity contribution in [3.63, 3.8) is 0 Å². The van der Waals surface area contributed by atoms with E-state index < -0.39 is 15.8 Å². The van der Waals surface area contributed by atoms with E-state index >= 15 is 0 Å². The fourth-order valence-corrected chi connectivity index (χ4v) is 3.44. The number of rotatable bonds is 5. The average molecular weight is 270 g/mol. The second-order valence-electron chi connectivity index (χ2n) is 4.10. The van der Waals surface area contributed by atoms with E-state index in [4.69, 9.17) is 4.74 Å². The Hall–Kier alpha value is -1.63. The zero-order valence-electron chi connectivity index (χ0n) is 9.83. The maximum atomic E-state index is 11.4. The molecule has 2 heterocycles. The molecule has 0 unspecified atom stereocenters. The van der Waals surface area contributed by atoms with Gasteiger partial charge in [0.15, 0.2) is 9.84 Å². The molecule has 18 heavy (non-hydrogen) atoms. The number of esters is 1. The van der Waals surface area contributed by atoms with Crippen molar-refractivity contribution in [1.82, 2.24) is 9.78 Å². The van der Waals surface area contributed by atoms with E-state index in [1.807, 2.05) is 0 Å². The number of sulfone groups is 1. The number of aromatic nitrogens is 2. The molecular weight excluding hydrogens is 256 g/mol.